The van der Waals surface area contributed by atoms with E-state index in [4.69, 9.17) is 5.14 Å². The third-order valence-corrected chi connectivity index (χ3v) is 4.06. The van der Waals surface area contributed by atoms with E-state index in [-0.39, 0.29) is 11.7 Å². The van der Waals surface area contributed by atoms with E-state index in [1.807, 2.05) is 6.92 Å². The lowest BCUT2D eigenvalue weighted by Crippen LogP contribution is -2.38. The van der Waals surface area contributed by atoms with E-state index in [1.54, 1.807) is 4.90 Å². The number of primary sulfonamides is 1. The van der Waals surface area contributed by atoms with Crippen molar-refractivity contribution in [2.45, 2.75) is 32.1 Å². The molecule has 1 atom stereocenters. The summed E-state index contributed by atoms with van der Waals surface area (Å²) >= 11 is 0. The molecule has 1 unspecified atom stereocenters. The fraction of sp³-hybridized carbons (Fsp3) is 0.583. The normalized spacial score (nSPS) is 20.2. The molecule has 1 saturated heterocycles. The van der Waals surface area contributed by atoms with E-state index in [1.165, 1.54) is 12.5 Å². The van der Waals surface area contributed by atoms with Gasteiger partial charge in [-0.25, -0.2) is 23.5 Å². The second kappa shape index (κ2) is 5.84. The van der Waals surface area contributed by atoms with Gasteiger partial charge in [0.05, 0.1) is 18.0 Å². The third kappa shape index (κ3) is 3.97. The molecule has 2 rings (SSSR count). The molecule has 1 aromatic rings. The molecule has 1 aromatic heterocycles. The van der Waals surface area contributed by atoms with Crippen molar-refractivity contribution in [1.82, 2.24) is 14.9 Å². The molecule has 8 heteroatoms. The highest BCUT2D eigenvalue weighted by Crippen LogP contribution is 2.20. The number of carbonyl (C=O) groups is 1. The molecule has 0 aromatic carbocycles. The number of sulfonamides is 1. The summed E-state index contributed by atoms with van der Waals surface area (Å²) in [5, 5.41) is 5.05. The van der Waals surface area contributed by atoms with Crippen LogP contribution in [0.2, 0.25) is 0 Å². The second-order valence-corrected chi connectivity index (χ2v) is 6.83. The molecule has 0 bridgehead atoms. The number of nitrogens with two attached hydrogens (primary N) is 1. The number of carbonyl (C=O) groups excluding carboxylic acids is 1. The van der Waals surface area contributed by atoms with Gasteiger partial charge in [-0.2, -0.15) is 0 Å². The summed E-state index contributed by atoms with van der Waals surface area (Å²) in [5.74, 6) is 0.152. The van der Waals surface area contributed by atoms with Gasteiger partial charge in [0, 0.05) is 24.7 Å². The Labute approximate surface area is 118 Å². The molecule has 0 spiro atoms. The molecule has 0 radical (unpaired) electrons. The quantitative estimate of drug-likeness (QED) is 0.843. The Bertz CT molecular complexity index is 602. The Morgan fingerprint density at radius 3 is 2.90 bits per heavy atom. The average molecular weight is 298 g/mol. The highest BCUT2D eigenvalue weighted by Gasteiger charge is 2.24. The number of amides is 1. The lowest BCUT2D eigenvalue weighted by Gasteiger charge is -2.30. The average Bonchev–Trinajstić information content (AvgIpc) is 2.33. The molecule has 1 amide bonds. The van der Waals surface area contributed by atoms with Crippen LogP contribution < -0.4 is 5.14 Å². The van der Waals surface area contributed by atoms with Gasteiger partial charge in [0.2, 0.25) is 15.9 Å². The number of nitrogens with zero attached hydrogens (tertiary/aromatic N) is 3. The minimum Gasteiger partial charge on any atom is -0.337 e. The molecule has 0 aliphatic carbocycles. The smallest absolute Gasteiger partial charge is 0.223 e. The maximum Gasteiger partial charge on any atom is 0.223 e. The van der Waals surface area contributed by atoms with Crippen LogP contribution in [0.4, 0.5) is 0 Å². The molecular weight excluding hydrogens is 280 g/mol. The Kier molecular flexibility index (Phi) is 4.34. The van der Waals surface area contributed by atoms with E-state index >= 15 is 0 Å². The van der Waals surface area contributed by atoms with E-state index < -0.39 is 10.0 Å². The topological polar surface area (TPSA) is 106 Å². The van der Waals surface area contributed by atoms with Gasteiger partial charge in [-0.05, 0) is 12.3 Å². The molecule has 1 aliphatic rings. The predicted octanol–water partition coefficient (Wildman–Crippen LogP) is 0.0236. The van der Waals surface area contributed by atoms with Crippen molar-refractivity contribution in [2.75, 3.05) is 6.54 Å². The standard InChI is InChI=1S/C12H18N4O3S/c1-9-2-3-16(12(17)4-9)6-11-10(5-14-8-15-11)7-20(13,18)19/h5,8-9H,2-4,6-7H2,1H3,(H2,13,18,19). The molecule has 2 heterocycles. The molecule has 110 valence electrons. The summed E-state index contributed by atoms with van der Waals surface area (Å²) in [6, 6.07) is 0. The Hall–Kier alpha value is -1.54. The van der Waals surface area contributed by atoms with Crippen LogP contribution >= 0.6 is 0 Å². The Morgan fingerprint density at radius 1 is 1.50 bits per heavy atom. The van der Waals surface area contributed by atoms with E-state index in [2.05, 4.69) is 9.97 Å². The number of hydrogen-bond acceptors (Lipinski definition) is 5. The third-order valence-electron chi connectivity index (χ3n) is 3.35. The zero-order valence-corrected chi connectivity index (χ0v) is 12.1. The first-order valence-corrected chi connectivity index (χ1v) is 8.12. The van der Waals surface area contributed by atoms with E-state index in [0.717, 1.165) is 6.42 Å². The van der Waals surface area contributed by atoms with Crippen molar-refractivity contribution in [1.29, 1.82) is 0 Å². The van der Waals surface area contributed by atoms with Crippen molar-refractivity contribution < 1.29 is 13.2 Å². The minimum absolute atomic E-state index is 0.0731. The summed E-state index contributed by atoms with van der Waals surface area (Å²) < 4.78 is 22.4. The molecular formula is C12H18N4O3S. The number of aromatic nitrogens is 2. The van der Waals surface area contributed by atoms with Gasteiger partial charge in [0.15, 0.2) is 0 Å². The van der Waals surface area contributed by atoms with Gasteiger partial charge in [-0.15, -0.1) is 0 Å². The van der Waals surface area contributed by atoms with Crippen LogP contribution in [0, 0.1) is 5.92 Å². The second-order valence-electron chi connectivity index (χ2n) is 5.22. The lowest BCUT2D eigenvalue weighted by atomic mass is 9.98. The van der Waals surface area contributed by atoms with Crippen molar-refractivity contribution in [3.63, 3.8) is 0 Å². The summed E-state index contributed by atoms with van der Waals surface area (Å²) in [5.41, 5.74) is 0.985. The van der Waals surface area contributed by atoms with Gasteiger partial charge >= 0.3 is 0 Å². The molecule has 20 heavy (non-hydrogen) atoms. The van der Waals surface area contributed by atoms with Crippen LogP contribution in [0.25, 0.3) is 0 Å². The van der Waals surface area contributed by atoms with Crippen molar-refractivity contribution >= 4 is 15.9 Å². The fourth-order valence-electron chi connectivity index (χ4n) is 2.24. The number of piperidine rings is 1. The predicted molar refractivity (Wildman–Crippen MR) is 72.7 cm³/mol. The van der Waals surface area contributed by atoms with Crippen LogP contribution in [0.1, 0.15) is 31.0 Å². The van der Waals surface area contributed by atoms with Crippen LogP contribution in [0.5, 0.6) is 0 Å². The van der Waals surface area contributed by atoms with Crippen LogP contribution in [-0.4, -0.2) is 35.7 Å². The van der Waals surface area contributed by atoms with Gasteiger partial charge in [-0.1, -0.05) is 6.92 Å². The SMILES string of the molecule is CC1CCN(Cc2ncncc2CS(N)(=O)=O)C(=O)C1. The number of likely N-dealkylation sites (tertiary alicyclic amines) is 1. The monoisotopic (exact) mass is 298 g/mol. The summed E-state index contributed by atoms with van der Waals surface area (Å²) in [4.78, 5) is 21.6. The molecule has 1 aliphatic heterocycles. The van der Waals surface area contributed by atoms with Crippen molar-refractivity contribution in [2.24, 2.45) is 11.1 Å². The Balaban J connectivity index is 2.15. The van der Waals surface area contributed by atoms with E-state index in [0.29, 0.717) is 36.7 Å². The highest BCUT2D eigenvalue weighted by molar-refractivity contribution is 7.88. The fourth-order valence-corrected chi connectivity index (χ4v) is 2.92. The Morgan fingerprint density at radius 2 is 2.25 bits per heavy atom. The van der Waals surface area contributed by atoms with Gasteiger partial charge in [0.25, 0.3) is 0 Å². The first-order valence-electron chi connectivity index (χ1n) is 6.41. The van der Waals surface area contributed by atoms with Gasteiger partial charge in [0.1, 0.15) is 6.33 Å². The minimum atomic E-state index is -3.65. The zero-order chi connectivity index (χ0) is 14.8. The number of hydrogen-bond donors (Lipinski definition) is 1. The molecule has 2 N–H and O–H groups in total. The number of rotatable bonds is 4. The molecule has 1 fully saturated rings. The first kappa shape index (κ1) is 14.9. The highest BCUT2D eigenvalue weighted by atomic mass is 32.2. The maximum absolute atomic E-state index is 11.9. The van der Waals surface area contributed by atoms with Gasteiger partial charge in [-0.3, -0.25) is 4.79 Å². The lowest BCUT2D eigenvalue weighted by molar-refractivity contribution is -0.135. The van der Waals surface area contributed by atoms with Crippen LogP contribution in [0.3, 0.4) is 0 Å². The van der Waals surface area contributed by atoms with E-state index in [9.17, 15) is 13.2 Å². The molecule has 7 nitrogen and oxygen atoms in total. The summed E-state index contributed by atoms with van der Waals surface area (Å²) in [6.45, 7) is 3.02. The summed E-state index contributed by atoms with van der Waals surface area (Å²) in [7, 11) is -3.65. The zero-order valence-electron chi connectivity index (χ0n) is 11.3. The van der Waals surface area contributed by atoms with Gasteiger partial charge < -0.3 is 4.90 Å². The largest absolute Gasteiger partial charge is 0.337 e. The van der Waals surface area contributed by atoms with Crippen LogP contribution in [-0.2, 0) is 27.1 Å². The van der Waals surface area contributed by atoms with Crippen molar-refractivity contribution in [3.05, 3.63) is 23.8 Å². The first-order chi connectivity index (χ1) is 9.35. The molecule has 0 saturated carbocycles. The maximum atomic E-state index is 11.9. The van der Waals surface area contributed by atoms with Crippen LogP contribution in [0.15, 0.2) is 12.5 Å². The van der Waals surface area contributed by atoms with Crippen molar-refractivity contribution in [3.8, 4) is 0 Å². The summed E-state index contributed by atoms with van der Waals surface area (Å²) in [6.07, 6.45) is 4.25.